The van der Waals surface area contributed by atoms with E-state index in [-0.39, 0.29) is 0 Å². The highest BCUT2D eigenvalue weighted by atomic mass is 15.0. The molecule has 0 atom stereocenters. The maximum Gasteiger partial charge on any atom is 0.134 e. The highest BCUT2D eigenvalue weighted by Gasteiger charge is 2.28. The summed E-state index contributed by atoms with van der Waals surface area (Å²) >= 11 is 0. The van der Waals surface area contributed by atoms with Gasteiger partial charge in [0.2, 0.25) is 0 Å². The van der Waals surface area contributed by atoms with Crippen molar-refractivity contribution >= 4 is 5.82 Å². The maximum atomic E-state index is 5.98. The molecule has 2 aromatic heterocycles. The van der Waals surface area contributed by atoms with Crippen LogP contribution in [0.4, 0.5) is 5.82 Å². The third-order valence-electron chi connectivity index (χ3n) is 3.33. The Morgan fingerprint density at radius 2 is 1.94 bits per heavy atom. The van der Waals surface area contributed by atoms with Crippen LogP contribution in [0.5, 0.6) is 0 Å². The number of nitrogen functional groups attached to an aromatic ring is 1. The molecule has 0 aliphatic heterocycles. The minimum Gasteiger partial charge on any atom is -0.383 e. The third kappa shape index (κ3) is 1.94. The SMILES string of the molecule is Cc1ccc(-c2nc(C3CC3)nc(N)c2C)cn1. The molecule has 0 aromatic carbocycles. The standard InChI is InChI=1S/C14H16N4/c1-8-3-4-11(7-16-8)12-9(2)13(15)18-14(17-12)10-5-6-10/h3-4,7,10H,5-6H2,1-2H3,(H2,15,17,18). The molecule has 2 aromatic rings. The number of aromatic nitrogens is 3. The van der Waals surface area contributed by atoms with Crippen LogP contribution in [0, 0.1) is 13.8 Å². The summed E-state index contributed by atoms with van der Waals surface area (Å²) in [6.45, 7) is 3.93. The van der Waals surface area contributed by atoms with Crippen molar-refractivity contribution in [3.63, 3.8) is 0 Å². The van der Waals surface area contributed by atoms with Crippen LogP contribution in [0.1, 0.15) is 35.8 Å². The Kier molecular flexibility index (Phi) is 2.51. The number of hydrogen-bond donors (Lipinski definition) is 1. The number of pyridine rings is 1. The second-order valence-corrected chi connectivity index (χ2v) is 4.90. The number of anilines is 1. The molecule has 1 aliphatic carbocycles. The molecule has 18 heavy (non-hydrogen) atoms. The van der Waals surface area contributed by atoms with E-state index in [1.165, 1.54) is 12.8 Å². The molecule has 92 valence electrons. The minimum absolute atomic E-state index is 0.505. The van der Waals surface area contributed by atoms with E-state index in [1.807, 2.05) is 32.2 Å². The fraction of sp³-hybridized carbons (Fsp3) is 0.357. The zero-order chi connectivity index (χ0) is 12.7. The number of nitrogens with two attached hydrogens (primary N) is 1. The second-order valence-electron chi connectivity index (χ2n) is 4.90. The van der Waals surface area contributed by atoms with Gasteiger partial charge < -0.3 is 5.73 Å². The molecule has 0 radical (unpaired) electrons. The Bertz CT molecular complexity index is 585. The van der Waals surface area contributed by atoms with Crippen LogP contribution in [0.25, 0.3) is 11.3 Å². The van der Waals surface area contributed by atoms with Crippen LogP contribution in [-0.2, 0) is 0 Å². The molecular weight excluding hydrogens is 224 g/mol. The molecule has 3 rings (SSSR count). The molecule has 4 nitrogen and oxygen atoms in total. The largest absolute Gasteiger partial charge is 0.383 e. The van der Waals surface area contributed by atoms with E-state index in [2.05, 4.69) is 15.0 Å². The lowest BCUT2D eigenvalue weighted by Gasteiger charge is -2.09. The summed E-state index contributed by atoms with van der Waals surface area (Å²) in [4.78, 5) is 13.4. The van der Waals surface area contributed by atoms with Gasteiger partial charge in [0.15, 0.2) is 0 Å². The van der Waals surface area contributed by atoms with Gasteiger partial charge in [-0.15, -0.1) is 0 Å². The zero-order valence-corrected chi connectivity index (χ0v) is 10.6. The van der Waals surface area contributed by atoms with Gasteiger partial charge in [0, 0.05) is 28.9 Å². The Morgan fingerprint density at radius 1 is 1.17 bits per heavy atom. The van der Waals surface area contributed by atoms with Gasteiger partial charge in [-0.05, 0) is 38.8 Å². The number of aryl methyl sites for hydroxylation is 1. The molecule has 0 amide bonds. The topological polar surface area (TPSA) is 64.7 Å². The van der Waals surface area contributed by atoms with Gasteiger partial charge in [0.25, 0.3) is 0 Å². The molecular formula is C14H16N4. The number of rotatable bonds is 2. The molecule has 4 heteroatoms. The molecule has 1 saturated carbocycles. The lowest BCUT2D eigenvalue weighted by molar-refractivity contribution is 0.927. The first-order valence-electron chi connectivity index (χ1n) is 6.22. The summed E-state index contributed by atoms with van der Waals surface area (Å²) < 4.78 is 0. The van der Waals surface area contributed by atoms with Crippen molar-refractivity contribution in [1.82, 2.24) is 15.0 Å². The van der Waals surface area contributed by atoms with E-state index in [0.717, 1.165) is 28.3 Å². The molecule has 2 N–H and O–H groups in total. The summed E-state index contributed by atoms with van der Waals surface area (Å²) in [6.07, 6.45) is 4.20. The summed E-state index contributed by atoms with van der Waals surface area (Å²) in [6, 6.07) is 4.03. The molecule has 0 unspecified atom stereocenters. The average Bonchev–Trinajstić information content (AvgIpc) is 3.18. The smallest absolute Gasteiger partial charge is 0.134 e. The van der Waals surface area contributed by atoms with Crippen molar-refractivity contribution in [1.29, 1.82) is 0 Å². The Morgan fingerprint density at radius 3 is 2.56 bits per heavy atom. The van der Waals surface area contributed by atoms with Crippen molar-refractivity contribution in [2.45, 2.75) is 32.6 Å². The summed E-state index contributed by atoms with van der Waals surface area (Å²) in [5.74, 6) is 1.97. The Balaban J connectivity index is 2.12. The molecule has 0 bridgehead atoms. The van der Waals surface area contributed by atoms with Crippen LogP contribution in [-0.4, -0.2) is 15.0 Å². The third-order valence-corrected chi connectivity index (χ3v) is 3.33. The van der Waals surface area contributed by atoms with Gasteiger partial charge in [0.05, 0.1) is 5.69 Å². The molecule has 0 saturated heterocycles. The summed E-state index contributed by atoms with van der Waals surface area (Å²) in [5.41, 5.74) is 9.84. The van der Waals surface area contributed by atoms with Gasteiger partial charge in [-0.2, -0.15) is 0 Å². The lowest BCUT2D eigenvalue weighted by atomic mass is 10.1. The maximum absolute atomic E-state index is 5.98. The van der Waals surface area contributed by atoms with Gasteiger partial charge in [-0.25, -0.2) is 9.97 Å². The predicted octanol–water partition coefficient (Wildman–Crippen LogP) is 2.62. The normalized spacial score (nSPS) is 14.8. The highest BCUT2D eigenvalue weighted by Crippen LogP contribution is 2.39. The number of hydrogen-bond acceptors (Lipinski definition) is 4. The monoisotopic (exact) mass is 240 g/mol. The van der Waals surface area contributed by atoms with Crippen LogP contribution in [0.15, 0.2) is 18.3 Å². The predicted molar refractivity (Wildman–Crippen MR) is 71.1 cm³/mol. The Hall–Kier alpha value is -1.97. The highest BCUT2D eigenvalue weighted by molar-refractivity contribution is 5.66. The minimum atomic E-state index is 0.505. The first-order valence-corrected chi connectivity index (χ1v) is 6.22. The molecule has 1 fully saturated rings. The average molecular weight is 240 g/mol. The Labute approximate surface area is 106 Å². The van der Waals surface area contributed by atoms with E-state index >= 15 is 0 Å². The van der Waals surface area contributed by atoms with Gasteiger partial charge >= 0.3 is 0 Å². The van der Waals surface area contributed by atoms with Crippen LogP contribution >= 0.6 is 0 Å². The zero-order valence-electron chi connectivity index (χ0n) is 10.6. The molecule has 0 spiro atoms. The van der Waals surface area contributed by atoms with Gasteiger partial charge in [0.1, 0.15) is 11.6 Å². The van der Waals surface area contributed by atoms with Crippen molar-refractivity contribution in [2.75, 3.05) is 5.73 Å². The van der Waals surface area contributed by atoms with Crippen LogP contribution in [0.3, 0.4) is 0 Å². The second kappa shape index (κ2) is 4.05. The number of nitrogens with zero attached hydrogens (tertiary/aromatic N) is 3. The van der Waals surface area contributed by atoms with Gasteiger partial charge in [-0.1, -0.05) is 0 Å². The molecule has 1 aliphatic rings. The first-order chi connectivity index (χ1) is 8.65. The van der Waals surface area contributed by atoms with E-state index in [9.17, 15) is 0 Å². The van der Waals surface area contributed by atoms with Crippen LogP contribution in [0.2, 0.25) is 0 Å². The van der Waals surface area contributed by atoms with E-state index in [0.29, 0.717) is 11.7 Å². The van der Waals surface area contributed by atoms with E-state index in [4.69, 9.17) is 5.73 Å². The lowest BCUT2D eigenvalue weighted by Crippen LogP contribution is -2.04. The van der Waals surface area contributed by atoms with Crippen molar-refractivity contribution in [3.8, 4) is 11.3 Å². The fourth-order valence-electron chi connectivity index (χ4n) is 1.97. The van der Waals surface area contributed by atoms with Crippen molar-refractivity contribution < 1.29 is 0 Å². The first kappa shape index (κ1) is 11.1. The van der Waals surface area contributed by atoms with Crippen molar-refractivity contribution in [2.24, 2.45) is 0 Å². The summed E-state index contributed by atoms with van der Waals surface area (Å²) in [5, 5.41) is 0. The molecule has 2 heterocycles. The van der Waals surface area contributed by atoms with E-state index < -0.39 is 0 Å². The fourth-order valence-corrected chi connectivity index (χ4v) is 1.97. The quantitative estimate of drug-likeness (QED) is 0.876. The van der Waals surface area contributed by atoms with Crippen molar-refractivity contribution in [3.05, 3.63) is 35.4 Å². The van der Waals surface area contributed by atoms with Gasteiger partial charge in [-0.3, -0.25) is 4.98 Å². The summed E-state index contributed by atoms with van der Waals surface area (Å²) in [7, 11) is 0. The van der Waals surface area contributed by atoms with Crippen LogP contribution < -0.4 is 5.73 Å². The van der Waals surface area contributed by atoms with E-state index in [1.54, 1.807) is 0 Å².